The minimum atomic E-state index is -0.822. The zero-order chi connectivity index (χ0) is 17.2. The molecule has 0 bridgehead atoms. The average Bonchev–Trinajstić information content (AvgIpc) is 2.53. The van der Waals surface area contributed by atoms with Crippen molar-refractivity contribution in [3.05, 3.63) is 12.2 Å². The number of rotatable bonds is 17. The molecule has 0 saturated carbocycles. The number of hydrogen-bond donors (Lipinski definition) is 2. The van der Waals surface area contributed by atoms with Gasteiger partial charge in [0.15, 0.2) is 0 Å². The first-order chi connectivity index (χ1) is 11.2. The van der Waals surface area contributed by atoms with E-state index >= 15 is 0 Å². The highest BCUT2D eigenvalue weighted by Gasteiger charge is 2.06. The van der Waals surface area contributed by atoms with Gasteiger partial charge in [-0.05, 0) is 38.5 Å². The molecule has 0 saturated heterocycles. The third kappa shape index (κ3) is 19.1. The highest BCUT2D eigenvalue weighted by molar-refractivity contribution is 5.66. The van der Waals surface area contributed by atoms with Gasteiger partial charge < -0.3 is 10.2 Å². The second kappa shape index (κ2) is 17.5. The number of aliphatic hydroxyl groups is 1. The Labute approximate surface area is 143 Å². The Kier molecular flexibility index (Phi) is 16.9. The molecule has 3 nitrogen and oxygen atoms in total. The summed E-state index contributed by atoms with van der Waals surface area (Å²) in [5.74, 6) is -0.822. The average molecular weight is 327 g/mol. The van der Waals surface area contributed by atoms with Gasteiger partial charge in [-0.25, -0.2) is 0 Å². The van der Waals surface area contributed by atoms with Gasteiger partial charge in [-0.3, -0.25) is 4.79 Å². The first-order valence-corrected chi connectivity index (χ1v) is 9.71. The molecule has 0 aromatic rings. The topological polar surface area (TPSA) is 57.5 Å². The third-order valence-corrected chi connectivity index (χ3v) is 4.24. The molecule has 0 aliphatic heterocycles. The summed E-state index contributed by atoms with van der Waals surface area (Å²) in [6.45, 7) is 2.25. The van der Waals surface area contributed by atoms with E-state index in [1.54, 1.807) is 0 Å². The molecule has 1 unspecified atom stereocenters. The van der Waals surface area contributed by atoms with Crippen LogP contribution in [-0.4, -0.2) is 22.3 Å². The van der Waals surface area contributed by atoms with Crippen molar-refractivity contribution < 1.29 is 15.0 Å². The zero-order valence-corrected chi connectivity index (χ0v) is 15.1. The van der Waals surface area contributed by atoms with Crippen LogP contribution in [0, 0.1) is 0 Å². The molecule has 3 heteroatoms. The maximum Gasteiger partial charge on any atom is 0.303 e. The van der Waals surface area contributed by atoms with E-state index in [0.29, 0.717) is 6.42 Å². The number of aliphatic carboxylic acids is 1. The van der Waals surface area contributed by atoms with Gasteiger partial charge in [0, 0.05) is 6.42 Å². The Morgan fingerprint density at radius 2 is 1.35 bits per heavy atom. The van der Waals surface area contributed by atoms with Gasteiger partial charge in [-0.2, -0.15) is 0 Å². The van der Waals surface area contributed by atoms with Crippen LogP contribution in [0.2, 0.25) is 0 Å². The summed E-state index contributed by atoms with van der Waals surface area (Å²) < 4.78 is 0. The van der Waals surface area contributed by atoms with Gasteiger partial charge in [-0.1, -0.05) is 70.4 Å². The van der Waals surface area contributed by atoms with Gasteiger partial charge in [-0.15, -0.1) is 0 Å². The number of carbonyl (C=O) groups is 1. The molecular formula is C20H38O3. The maximum atomic E-state index is 10.4. The number of aliphatic hydroxyl groups excluding tert-OH is 1. The second-order valence-corrected chi connectivity index (χ2v) is 6.61. The van der Waals surface area contributed by atoms with Gasteiger partial charge >= 0.3 is 5.97 Å². The summed E-state index contributed by atoms with van der Waals surface area (Å²) >= 11 is 0. The van der Waals surface area contributed by atoms with Crippen LogP contribution in [0.3, 0.4) is 0 Å². The minimum absolute atomic E-state index is 0.0740. The Bertz CT molecular complexity index is 287. The number of hydrogen-bond acceptors (Lipinski definition) is 2. The molecule has 0 aromatic carbocycles. The largest absolute Gasteiger partial charge is 0.481 e. The highest BCUT2D eigenvalue weighted by atomic mass is 16.4. The van der Waals surface area contributed by atoms with Crippen molar-refractivity contribution in [3.63, 3.8) is 0 Å². The first-order valence-electron chi connectivity index (χ1n) is 9.71. The zero-order valence-electron chi connectivity index (χ0n) is 15.1. The molecule has 0 radical (unpaired) electrons. The predicted molar refractivity (Wildman–Crippen MR) is 97.7 cm³/mol. The fourth-order valence-corrected chi connectivity index (χ4v) is 2.71. The van der Waals surface area contributed by atoms with E-state index in [1.807, 2.05) is 0 Å². The van der Waals surface area contributed by atoms with E-state index in [0.717, 1.165) is 25.7 Å². The predicted octanol–water partition coefficient (Wildman–Crippen LogP) is 5.86. The van der Waals surface area contributed by atoms with Crippen molar-refractivity contribution in [2.75, 3.05) is 0 Å². The van der Waals surface area contributed by atoms with Crippen LogP contribution in [0.15, 0.2) is 12.2 Å². The van der Waals surface area contributed by atoms with Crippen LogP contribution in [0.4, 0.5) is 0 Å². The molecule has 0 rings (SSSR count). The number of carboxylic acids is 1. The van der Waals surface area contributed by atoms with Crippen molar-refractivity contribution in [1.82, 2.24) is 0 Å². The number of unbranched alkanes of at least 4 members (excludes halogenated alkanes) is 10. The van der Waals surface area contributed by atoms with Crippen LogP contribution in [0.25, 0.3) is 0 Å². The van der Waals surface area contributed by atoms with Crippen molar-refractivity contribution in [1.29, 1.82) is 0 Å². The lowest BCUT2D eigenvalue weighted by Crippen LogP contribution is -2.09. The Morgan fingerprint density at radius 1 is 0.826 bits per heavy atom. The van der Waals surface area contributed by atoms with E-state index in [2.05, 4.69) is 19.1 Å². The van der Waals surface area contributed by atoms with E-state index in [1.165, 1.54) is 57.8 Å². The Hall–Kier alpha value is -0.830. The Balaban J connectivity index is 3.20. The van der Waals surface area contributed by atoms with Gasteiger partial charge in [0.05, 0.1) is 6.10 Å². The smallest absolute Gasteiger partial charge is 0.303 e. The molecular weight excluding hydrogens is 288 g/mol. The Morgan fingerprint density at radius 3 is 1.91 bits per heavy atom. The molecule has 0 fully saturated rings. The first kappa shape index (κ1) is 22.2. The minimum Gasteiger partial charge on any atom is -0.481 e. The van der Waals surface area contributed by atoms with Crippen molar-refractivity contribution in [3.8, 4) is 0 Å². The summed E-state index contributed by atoms with van der Waals surface area (Å²) in [5.41, 5.74) is 0. The van der Waals surface area contributed by atoms with E-state index in [-0.39, 0.29) is 6.42 Å². The summed E-state index contributed by atoms with van der Waals surface area (Å²) in [4.78, 5) is 10.4. The quantitative estimate of drug-likeness (QED) is 0.260. The monoisotopic (exact) mass is 326 g/mol. The summed E-state index contributed by atoms with van der Waals surface area (Å²) in [6.07, 6.45) is 20.5. The van der Waals surface area contributed by atoms with Crippen molar-refractivity contribution in [2.24, 2.45) is 0 Å². The van der Waals surface area contributed by atoms with Gasteiger partial charge in [0.2, 0.25) is 0 Å². The molecule has 0 heterocycles. The SMILES string of the molecule is CCCCCCCCC=CCCCCCCC(O)CCC(=O)O. The van der Waals surface area contributed by atoms with Crippen LogP contribution < -0.4 is 0 Å². The second-order valence-electron chi connectivity index (χ2n) is 6.61. The maximum absolute atomic E-state index is 10.4. The molecule has 23 heavy (non-hydrogen) atoms. The van der Waals surface area contributed by atoms with E-state index in [4.69, 9.17) is 5.11 Å². The molecule has 0 aliphatic carbocycles. The molecule has 2 N–H and O–H groups in total. The molecule has 0 aliphatic rings. The van der Waals surface area contributed by atoms with Crippen LogP contribution >= 0.6 is 0 Å². The number of allylic oxidation sites excluding steroid dienone is 2. The highest BCUT2D eigenvalue weighted by Crippen LogP contribution is 2.11. The lowest BCUT2D eigenvalue weighted by atomic mass is 10.0. The standard InChI is InChI=1S/C20H38O3/c1-2-3-4-5-6-7-8-9-10-11-12-13-14-15-16-19(21)17-18-20(22)23/h9-10,19,21H,2-8,11-18H2,1H3,(H,22,23). The number of carboxylic acid groups (broad SMARTS) is 1. The van der Waals surface area contributed by atoms with E-state index in [9.17, 15) is 9.90 Å². The lowest BCUT2D eigenvalue weighted by molar-refractivity contribution is -0.137. The lowest BCUT2D eigenvalue weighted by Gasteiger charge is -2.08. The van der Waals surface area contributed by atoms with E-state index < -0.39 is 12.1 Å². The fourth-order valence-electron chi connectivity index (χ4n) is 2.71. The van der Waals surface area contributed by atoms with Crippen LogP contribution in [-0.2, 0) is 4.79 Å². The van der Waals surface area contributed by atoms with Gasteiger partial charge in [0.25, 0.3) is 0 Å². The molecule has 0 amide bonds. The molecule has 0 spiro atoms. The van der Waals surface area contributed by atoms with Crippen LogP contribution in [0.1, 0.15) is 103 Å². The molecule has 0 aromatic heterocycles. The third-order valence-electron chi connectivity index (χ3n) is 4.24. The van der Waals surface area contributed by atoms with Crippen molar-refractivity contribution >= 4 is 5.97 Å². The molecule has 136 valence electrons. The summed E-state index contributed by atoms with van der Waals surface area (Å²) in [7, 11) is 0. The fraction of sp³-hybridized carbons (Fsp3) is 0.850. The van der Waals surface area contributed by atoms with Crippen LogP contribution in [0.5, 0.6) is 0 Å². The summed E-state index contributed by atoms with van der Waals surface area (Å²) in [6, 6.07) is 0. The van der Waals surface area contributed by atoms with Crippen molar-refractivity contribution in [2.45, 2.75) is 109 Å². The normalized spacial score (nSPS) is 12.8. The molecule has 1 atom stereocenters. The summed E-state index contributed by atoms with van der Waals surface area (Å²) in [5, 5.41) is 18.2. The van der Waals surface area contributed by atoms with Gasteiger partial charge in [0.1, 0.15) is 0 Å².